The summed E-state index contributed by atoms with van der Waals surface area (Å²) < 4.78 is 16.8. The van der Waals surface area contributed by atoms with Crippen LogP contribution >= 0.6 is 0 Å². The van der Waals surface area contributed by atoms with E-state index in [1.165, 1.54) is 5.56 Å². The highest BCUT2D eigenvalue weighted by atomic mass is 16.7. The Hall–Kier alpha value is -1.10. The minimum Gasteiger partial charge on any atom is -0.497 e. The monoisotopic (exact) mass is 291 g/mol. The van der Waals surface area contributed by atoms with E-state index in [1.807, 2.05) is 12.1 Å². The first-order valence-electron chi connectivity index (χ1n) is 7.85. The van der Waals surface area contributed by atoms with Gasteiger partial charge in [0.15, 0.2) is 5.79 Å². The van der Waals surface area contributed by atoms with Crippen LogP contribution in [0.3, 0.4) is 0 Å². The van der Waals surface area contributed by atoms with Crippen molar-refractivity contribution in [3.63, 3.8) is 0 Å². The minimum atomic E-state index is -0.280. The average Bonchev–Trinajstić information content (AvgIpc) is 2.95. The molecule has 1 aliphatic carbocycles. The third-order valence-electron chi connectivity index (χ3n) is 4.70. The van der Waals surface area contributed by atoms with Crippen molar-refractivity contribution in [3.05, 3.63) is 29.8 Å². The standard InChI is InChI=1S/C17H25NO3/c1-13-11-17(20-9-10-21-17)8-7-16(13)18-12-14-3-5-15(19-2)6-4-14/h3-6,13,16,18H,7-12H2,1-2H3. The summed E-state index contributed by atoms with van der Waals surface area (Å²) in [5.74, 6) is 1.19. The van der Waals surface area contributed by atoms with Gasteiger partial charge in [-0.15, -0.1) is 0 Å². The van der Waals surface area contributed by atoms with Gasteiger partial charge in [-0.3, -0.25) is 0 Å². The van der Waals surface area contributed by atoms with Crippen molar-refractivity contribution in [3.8, 4) is 5.75 Å². The fraction of sp³-hybridized carbons (Fsp3) is 0.647. The van der Waals surface area contributed by atoms with Gasteiger partial charge in [-0.05, 0) is 30.0 Å². The molecule has 1 aromatic rings. The Morgan fingerprint density at radius 3 is 2.57 bits per heavy atom. The molecule has 21 heavy (non-hydrogen) atoms. The second-order valence-corrected chi connectivity index (χ2v) is 6.16. The topological polar surface area (TPSA) is 39.7 Å². The summed E-state index contributed by atoms with van der Waals surface area (Å²) in [4.78, 5) is 0. The lowest BCUT2D eigenvalue weighted by atomic mass is 9.81. The summed E-state index contributed by atoms with van der Waals surface area (Å²) in [7, 11) is 1.69. The minimum absolute atomic E-state index is 0.280. The molecule has 3 rings (SSSR count). The Labute approximate surface area is 126 Å². The van der Waals surface area contributed by atoms with Crippen molar-refractivity contribution >= 4 is 0 Å². The molecule has 1 saturated heterocycles. The SMILES string of the molecule is COc1ccc(CNC2CCC3(CC2C)OCCO3)cc1. The molecule has 1 aromatic carbocycles. The first-order valence-corrected chi connectivity index (χ1v) is 7.85. The van der Waals surface area contributed by atoms with Gasteiger partial charge >= 0.3 is 0 Å². The molecule has 0 bridgehead atoms. The molecular formula is C17H25NO3. The van der Waals surface area contributed by atoms with Crippen LogP contribution in [-0.2, 0) is 16.0 Å². The first kappa shape index (κ1) is 14.8. The molecule has 116 valence electrons. The number of methoxy groups -OCH3 is 1. The molecule has 2 fully saturated rings. The number of rotatable bonds is 4. The van der Waals surface area contributed by atoms with E-state index in [-0.39, 0.29) is 5.79 Å². The summed E-state index contributed by atoms with van der Waals surface area (Å²) in [6.07, 6.45) is 3.10. The Kier molecular flexibility index (Phi) is 4.48. The Morgan fingerprint density at radius 1 is 1.24 bits per heavy atom. The number of hydrogen-bond donors (Lipinski definition) is 1. The highest BCUT2D eigenvalue weighted by Gasteiger charge is 2.43. The van der Waals surface area contributed by atoms with Crippen LogP contribution in [0.1, 0.15) is 31.7 Å². The fourth-order valence-corrected chi connectivity index (χ4v) is 3.45. The van der Waals surface area contributed by atoms with E-state index >= 15 is 0 Å². The smallest absolute Gasteiger partial charge is 0.168 e. The van der Waals surface area contributed by atoms with E-state index in [4.69, 9.17) is 14.2 Å². The quantitative estimate of drug-likeness (QED) is 0.926. The van der Waals surface area contributed by atoms with Crippen molar-refractivity contribution in [2.75, 3.05) is 20.3 Å². The van der Waals surface area contributed by atoms with E-state index < -0.39 is 0 Å². The van der Waals surface area contributed by atoms with Crippen LogP contribution in [0.25, 0.3) is 0 Å². The van der Waals surface area contributed by atoms with E-state index in [0.717, 1.165) is 44.8 Å². The molecule has 1 saturated carbocycles. The molecule has 1 spiro atoms. The van der Waals surface area contributed by atoms with Crippen LogP contribution < -0.4 is 10.1 Å². The van der Waals surface area contributed by atoms with Crippen molar-refractivity contribution in [1.29, 1.82) is 0 Å². The van der Waals surface area contributed by atoms with Gasteiger partial charge in [0, 0.05) is 25.4 Å². The predicted molar refractivity (Wildman–Crippen MR) is 81.3 cm³/mol. The summed E-state index contributed by atoms with van der Waals surface area (Å²) in [6.45, 7) is 4.68. The second-order valence-electron chi connectivity index (χ2n) is 6.16. The fourth-order valence-electron chi connectivity index (χ4n) is 3.45. The van der Waals surface area contributed by atoms with Crippen LogP contribution in [0.15, 0.2) is 24.3 Å². The van der Waals surface area contributed by atoms with Crippen LogP contribution in [-0.4, -0.2) is 32.2 Å². The highest BCUT2D eigenvalue weighted by Crippen LogP contribution is 2.38. The number of benzene rings is 1. The zero-order valence-corrected chi connectivity index (χ0v) is 12.9. The molecule has 4 nitrogen and oxygen atoms in total. The van der Waals surface area contributed by atoms with Gasteiger partial charge in [-0.1, -0.05) is 19.1 Å². The molecule has 1 aliphatic heterocycles. The van der Waals surface area contributed by atoms with Crippen molar-refractivity contribution < 1.29 is 14.2 Å². The zero-order chi connectivity index (χ0) is 14.7. The largest absolute Gasteiger partial charge is 0.497 e. The molecule has 2 unspecified atom stereocenters. The summed E-state index contributed by atoms with van der Waals surface area (Å²) >= 11 is 0. The molecule has 0 aromatic heterocycles. The van der Waals surface area contributed by atoms with Crippen LogP contribution in [0.2, 0.25) is 0 Å². The van der Waals surface area contributed by atoms with Gasteiger partial charge in [0.05, 0.1) is 20.3 Å². The van der Waals surface area contributed by atoms with Crippen molar-refractivity contribution in [1.82, 2.24) is 5.32 Å². The molecule has 1 N–H and O–H groups in total. The lowest BCUT2D eigenvalue weighted by Crippen LogP contribution is -2.46. The van der Waals surface area contributed by atoms with Gasteiger partial charge in [-0.25, -0.2) is 0 Å². The first-order chi connectivity index (χ1) is 10.2. The average molecular weight is 291 g/mol. The molecule has 2 atom stereocenters. The maximum atomic E-state index is 5.82. The normalized spacial score (nSPS) is 27.9. The zero-order valence-electron chi connectivity index (χ0n) is 12.9. The molecule has 4 heteroatoms. The van der Waals surface area contributed by atoms with E-state index in [9.17, 15) is 0 Å². The van der Waals surface area contributed by atoms with Crippen LogP contribution in [0.4, 0.5) is 0 Å². The van der Waals surface area contributed by atoms with Crippen molar-refractivity contribution in [2.45, 2.75) is 44.6 Å². The maximum absolute atomic E-state index is 5.82. The third-order valence-corrected chi connectivity index (χ3v) is 4.70. The number of ether oxygens (including phenoxy) is 3. The van der Waals surface area contributed by atoms with E-state index in [0.29, 0.717) is 12.0 Å². The number of nitrogens with one attached hydrogen (secondary N) is 1. The predicted octanol–water partition coefficient (Wildman–Crippen LogP) is 2.72. The molecule has 2 aliphatic rings. The van der Waals surface area contributed by atoms with Crippen molar-refractivity contribution in [2.24, 2.45) is 5.92 Å². The lowest BCUT2D eigenvalue weighted by Gasteiger charge is -2.40. The molecule has 0 amide bonds. The maximum Gasteiger partial charge on any atom is 0.168 e. The van der Waals surface area contributed by atoms with Gasteiger partial charge in [0.25, 0.3) is 0 Å². The number of hydrogen-bond acceptors (Lipinski definition) is 4. The second kappa shape index (κ2) is 6.34. The summed E-state index contributed by atoms with van der Waals surface area (Å²) in [5, 5.41) is 3.68. The Bertz CT molecular complexity index is 454. The summed E-state index contributed by atoms with van der Waals surface area (Å²) in [5.41, 5.74) is 1.29. The lowest BCUT2D eigenvalue weighted by molar-refractivity contribution is -0.189. The van der Waals surface area contributed by atoms with Crippen LogP contribution in [0, 0.1) is 5.92 Å². The van der Waals surface area contributed by atoms with Gasteiger partial charge in [-0.2, -0.15) is 0 Å². The van der Waals surface area contributed by atoms with Gasteiger partial charge < -0.3 is 19.5 Å². The van der Waals surface area contributed by atoms with E-state index in [2.05, 4.69) is 24.4 Å². The highest BCUT2D eigenvalue weighted by molar-refractivity contribution is 5.27. The third kappa shape index (κ3) is 3.39. The van der Waals surface area contributed by atoms with E-state index in [1.54, 1.807) is 7.11 Å². The molecule has 0 radical (unpaired) electrons. The molecule has 1 heterocycles. The van der Waals surface area contributed by atoms with Gasteiger partial charge in [0.1, 0.15) is 5.75 Å². The van der Waals surface area contributed by atoms with Gasteiger partial charge in [0.2, 0.25) is 0 Å². The Balaban J connectivity index is 1.51. The summed E-state index contributed by atoms with van der Waals surface area (Å²) in [6, 6.07) is 8.78. The Morgan fingerprint density at radius 2 is 1.95 bits per heavy atom. The molecular weight excluding hydrogens is 266 g/mol. The van der Waals surface area contributed by atoms with Crippen LogP contribution in [0.5, 0.6) is 5.75 Å².